The van der Waals surface area contributed by atoms with Gasteiger partial charge in [0.05, 0.1) is 11.6 Å². The number of esters is 2. The Morgan fingerprint density at radius 3 is 2.26 bits per heavy atom. The summed E-state index contributed by atoms with van der Waals surface area (Å²) < 4.78 is 28.2. The van der Waals surface area contributed by atoms with Crippen LogP contribution >= 0.6 is 11.6 Å². The molecule has 0 unspecified atom stereocenters. The normalized spacial score (nSPS) is 10.6. The fraction of sp³-hybridized carbons (Fsp3) is 0.600. The molecule has 0 aliphatic carbocycles. The molecule has 7 heteroatoms. The van der Waals surface area contributed by atoms with Crippen molar-refractivity contribution in [2.75, 3.05) is 19.8 Å². The summed E-state index contributed by atoms with van der Waals surface area (Å²) in [5.41, 5.74) is 0. The van der Waals surface area contributed by atoms with Crippen molar-refractivity contribution in [2.45, 2.75) is 58.3 Å². The van der Waals surface area contributed by atoms with Crippen LogP contribution in [-0.2, 0) is 19.1 Å². The van der Waals surface area contributed by atoms with Crippen molar-refractivity contribution in [3.05, 3.63) is 29.0 Å². The van der Waals surface area contributed by atoms with Crippen LogP contribution in [0.3, 0.4) is 0 Å². The minimum absolute atomic E-state index is 0.0203. The Morgan fingerprint density at radius 2 is 1.59 bits per heavy atom. The highest BCUT2D eigenvalue weighted by Crippen LogP contribution is 2.27. The molecule has 1 aromatic rings. The van der Waals surface area contributed by atoms with E-state index in [1.54, 1.807) is 0 Å². The fourth-order valence-electron chi connectivity index (χ4n) is 2.40. The zero-order valence-electron chi connectivity index (χ0n) is 15.8. The smallest absolute Gasteiger partial charge is 0.337 e. The number of carbonyl (C=O) groups excluding carboxylic acids is 2. The van der Waals surface area contributed by atoms with Crippen LogP contribution in [0.1, 0.15) is 58.3 Å². The van der Waals surface area contributed by atoms with E-state index in [9.17, 15) is 14.0 Å². The van der Waals surface area contributed by atoms with Crippen molar-refractivity contribution in [1.82, 2.24) is 0 Å². The topological polar surface area (TPSA) is 61.8 Å². The van der Waals surface area contributed by atoms with Gasteiger partial charge in [-0.15, -0.1) is 0 Å². The first-order valence-corrected chi connectivity index (χ1v) is 9.80. The van der Waals surface area contributed by atoms with Crippen molar-refractivity contribution < 1.29 is 28.2 Å². The Balaban J connectivity index is 2.04. The van der Waals surface area contributed by atoms with Crippen LogP contribution in [0.4, 0.5) is 4.39 Å². The second-order valence-electron chi connectivity index (χ2n) is 6.21. The molecule has 0 aliphatic heterocycles. The molecule has 0 saturated heterocycles. The number of ether oxygens (including phenoxy) is 3. The third kappa shape index (κ3) is 10.9. The SMILES string of the molecule is CCCCCCCCCCOC(=O)COCC(=O)Oc1c(F)cccc1Cl. The minimum atomic E-state index is -0.849. The van der Waals surface area contributed by atoms with Crippen LogP contribution in [0.5, 0.6) is 5.75 Å². The lowest BCUT2D eigenvalue weighted by Crippen LogP contribution is -2.21. The molecule has 27 heavy (non-hydrogen) atoms. The Labute approximate surface area is 165 Å². The average molecular weight is 403 g/mol. The minimum Gasteiger partial charge on any atom is -0.464 e. The van der Waals surface area contributed by atoms with Gasteiger partial charge < -0.3 is 14.2 Å². The number of rotatable bonds is 14. The molecular weight excluding hydrogens is 375 g/mol. The van der Waals surface area contributed by atoms with Crippen LogP contribution in [0, 0.1) is 5.82 Å². The first-order valence-electron chi connectivity index (χ1n) is 9.42. The summed E-state index contributed by atoms with van der Waals surface area (Å²) in [7, 11) is 0. The van der Waals surface area contributed by atoms with Crippen molar-refractivity contribution in [3.8, 4) is 5.75 Å². The average Bonchev–Trinajstić information content (AvgIpc) is 2.63. The van der Waals surface area contributed by atoms with E-state index >= 15 is 0 Å². The highest BCUT2D eigenvalue weighted by Gasteiger charge is 2.14. The lowest BCUT2D eigenvalue weighted by Gasteiger charge is -2.08. The molecule has 0 saturated carbocycles. The Morgan fingerprint density at radius 1 is 0.963 bits per heavy atom. The third-order valence-electron chi connectivity index (χ3n) is 3.84. The fourth-order valence-corrected chi connectivity index (χ4v) is 2.61. The highest BCUT2D eigenvalue weighted by molar-refractivity contribution is 6.32. The first-order chi connectivity index (χ1) is 13.0. The molecule has 1 aromatic carbocycles. The second kappa shape index (κ2) is 14.4. The Hall–Kier alpha value is -1.66. The summed E-state index contributed by atoms with van der Waals surface area (Å²) in [6, 6.07) is 3.92. The highest BCUT2D eigenvalue weighted by atomic mass is 35.5. The van der Waals surface area contributed by atoms with Crippen molar-refractivity contribution in [3.63, 3.8) is 0 Å². The molecule has 0 spiro atoms. The Kier molecular flexibility index (Phi) is 12.5. The van der Waals surface area contributed by atoms with Crippen LogP contribution < -0.4 is 4.74 Å². The molecular formula is C20H28ClFO5. The summed E-state index contributed by atoms with van der Waals surface area (Å²) in [6.45, 7) is 1.67. The number of unbranched alkanes of at least 4 members (excludes halogenated alkanes) is 7. The molecule has 0 N–H and O–H groups in total. The molecule has 0 heterocycles. The summed E-state index contributed by atoms with van der Waals surface area (Å²) >= 11 is 5.75. The van der Waals surface area contributed by atoms with Crippen LogP contribution in [0.2, 0.25) is 5.02 Å². The molecule has 0 aliphatic rings. The summed E-state index contributed by atoms with van der Waals surface area (Å²) in [4.78, 5) is 23.1. The van der Waals surface area contributed by atoms with Crippen LogP contribution in [0.15, 0.2) is 18.2 Å². The summed E-state index contributed by atoms with van der Waals surface area (Å²) in [5, 5.41) is -0.0203. The second-order valence-corrected chi connectivity index (χ2v) is 6.62. The summed E-state index contributed by atoms with van der Waals surface area (Å²) in [5.74, 6) is -2.50. The lowest BCUT2D eigenvalue weighted by atomic mass is 10.1. The van der Waals surface area contributed by atoms with Gasteiger partial charge in [-0.3, -0.25) is 0 Å². The van der Waals surface area contributed by atoms with Crippen molar-refractivity contribution in [2.24, 2.45) is 0 Å². The molecule has 0 fully saturated rings. The molecule has 1 rings (SSSR count). The van der Waals surface area contributed by atoms with Gasteiger partial charge >= 0.3 is 11.9 Å². The van der Waals surface area contributed by atoms with Crippen molar-refractivity contribution >= 4 is 23.5 Å². The van der Waals surface area contributed by atoms with E-state index in [1.807, 2.05) is 0 Å². The predicted molar refractivity (Wildman–Crippen MR) is 101 cm³/mol. The van der Waals surface area contributed by atoms with Gasteiger partial charge in [-0.2, -0.15) is 0 Å². The van der Waals surface area contributed by atoms with Gasteiger partial charge in [0.1, 0.15) is 13.2 Å². The number of carbonyl (C=O) groups is 2. The maximum Gasteiger partial charge on any atom is 0.337 e. The predicted octanol–water partition coefficient (Wildman–Crippen LogP) is 5.09. The quantitative estimate of drug-likeness (QED) is 0.246. The van der Waals surface area contributed by atoms with E-state index in [0.717, 1.165) is 25.3 Å². The Bertz CT molecular complexity index is 559. The zero-order valence-corrected chi connectivity index (χ0v) is 16.6. The van der Waals surface area contributed by atoms with Crippen molar-refractivity contribution in [1.29, 1.82) is 0 Å². The first kappa shape index (κ1) is 23.4. The van der Waals surface area contributed by atoms with E-state index in [0.29, 0.717) is 6.61 Å². The lowest BCUT2D eigenvalue weighted by molar-refractivity contribution is -0.152. The standard InChI is InChI=1S/C20H28ClFO5/c1-2-3-4-5-6-7-8-9-13-26-18(23)14-25-15-19(24)27-20-16(21)11-10-12-17(20)22/h10-12H,2-9,13-15H2,1H3. The molecule has 152 valence electrons. The van der Waals surface area contributed by atoms with Crippen LogP contribution in [-0.4, -0.2) is 31.8 Å². The molecule has 5 nitrogen and oxygen atoms in total. The van der Waals surface area contributed by atoms with Gasteiger partial charge in [0.15, 0.2) is 11.6 Å². The van der Waals surface area contributed by atoms with E-state index in [-0.39, 0.29) is 17.4 Å². The van der Waals surface area contributed by atoms with E-state index in [1.165, 1.54) is 44.2 Å². The van der Waals surface area contributed by atoms with Gasteiger partial charge in [0.2, 0.25) is 0 Å². The maximum atomic E-state index is 13.5. The van der Waals surface area contributed by atoms with E-state index < -0.39 is 24.4 Å². The molecule has 0 radical (unpaired) electrons. The largest absolute Gasteiger partial charge is 0.464 e. The summed E-state index contributed by atoms with van der Waals surface area (Å²) in [6.07, 6.45) is 9.27. The molecule has 0 bridgehead atoms. The number of benzene rings is 1. The zero-order chi connectivity index (χ0) is 19.9. The van der Waals surface area contributed by atoms with E-state index in [4.69, 9.17) is 25.8 Å². The molecule has 0 amide bonds. The number of halogens is 2. The van der Waals surface area contributed by atoms with Gasteiger partial charge in [-0.05, 0) is 18.6 Å². The van der Waals surface area contributed by atoms with Gasteiger partial charge in [-0.1, -0.05) is 69.5 Å². The number of hydrogen-bond acceptors (Lipinski definition) is 5. The molecule has 0 atom stereocenters. The van der Waals surface area contributed by atoms with E-state index in [2.05, 4.69) is 6.92 Å². The van der Waals surface area contributed by atoms with Gasteiger partial charge in [0.25, 0.3) is 0 Å². The number of para-hydroxylation sites is 1. The monoisotopic (exact) mass is 402 g/mol. The maximum absolute atomic E-state index is 13.5. The third-order valence-corrected chi connectivity index (χ3v) is 4.13. The molecule has 0 aromatic heterocycles. The van der Waals surface area contributed by atoms with Gasteiger partial charge in [-0.25, -0.2) is 14.0 Å². The van der Waals surface area contributed by atoms with Crippen LogP contribution in [0.25, 0.3) is 0 Å². The number of hydrogen-bond donors (Lipinski definition) is 0. The van der Waals surface area contributed by atoms with Gasteiger partial charge in [0, 0.05) is 0 Å².